The van der Waals surface area contributed by atoms with Gasteiger partial charge in [-0.2, -0.15) is 0 Å². The number of nitrogens with one attached hydrogen (secondary N) is 2. The lowest BCUT2D eigenvalue weighted by Gasteiger charge is -2.35. The van der Waals surface area contributed by atoms with E-state index in [9.17, 15) is 18.0 Å². The largest absolute Gasteiger partial charge is 0.482 e. The number of carbonyl (C=O) groups is 2. The first-order valence-electron chi connectivity index (χ1n) is 13.7. The third-order valence-electron chi connectivity index (χ3n) is 7.33. The maximum absolute atomic E-state index is 13.8. The predicted octanol–water partition coefficient (Wildman–Crippen LogP) is 4.34. The van der Waals surface area contributed by atoms with Crippen molar-refractivity contribution in [3.8, 4) is 16.9 Å². The molecule has 43 heavy (non-hydrogen) atoms. The summed E-state index contributed by atoms with van der Waals surface area (Å²) in [5, 5.41) is 3.68. The number of fused-ring (bicyclic) bond motifs is 1. The fourth-order valence-corrected chi connectivity index (χ4v) is 6.11. The Bertz CT molecular complexity index is 1630. The molecule has 2 amide bonds. The number of halogens is 2. The molecular formula is C30H32Cl2N4O6S. The molecule has 2 unspecified atom stereocenters. The van der Waals surface area contributed by atoms with Gasteiger partial charge in [0.25, 0.3) is 5.91 Å². The van der Waals surface area contributed by atoms with E-state index in [0.29, 0.717) is 55.5 Å². The molecule has 2 aliphatic rings. The van der Waals surface area contributed by atoms with Crippen LogP contribution in [0.25, 0.3) is 11.1 Å². The predicted molar refractivity (Wildman–Crippen MR) is 167 cm³/mol. The molecule has 2 N–H and O–H groups in total. The molecule has 10 nitrogen and oxygen atoms in total. The summed E-state index contributed by atoms with van der Waals surface area (Å²) in [7, 11) is -3.50. The second-order valence-corrected chi connectivity index (χ2v) is 13.0. The highest BCUT2D eigenvalue weighted by atomic mass is 35.5. The zero-order valence-corrected chi connectivity index (χ0v) is 26.0. The van der Waals surface area contributed by atoms with Crippen molar-refractivity contribution >= 4 is 56.4 Å². The molecular weight excluding hydrogens is 615 g/mol. The summed E-state index contributed by atoms with van der Waals surface area (Å²) in [6.07, 6.45) is 1.11. The van der Waals surface area contributed by atoms with Crippen LogP contribution >= 0.6 is 23.2 Å². The third-order valence-corrected chi connectivity index (χ3v) is 8.64. The van der Waals surface area contributed by atoms with E-state index >= 15 is 0 Å². The molecule has 0 saturated carbocycles. The number of anilines is 2. The lowest BCUT2D eigenvalue weighted by atomic mass is 9.97. The Hall–Kier alpha value is -3.35. The average molecular weight is 648 g/mol. The number of sulfonamides is 1. The standard InChI is InChI=1S/C30H32Cl2N4O6S/c1-19(36-27-15-23(31)24(32)16-28(27)42-18-29(36)37)30(38)33-26(17-35-10-12-41-13-11-35)21-7-5-6-20(14-21)22-8-3-4-9-25(22)34-43(2,39)40/h3-9,14-16,19,26,34H,10-13,17-18H2,1-2H3,(H,33,38). The topological polar surface area (TPSA) is 117 Å². The first-order chi connectivity index (χ1) is 20.5. The van der Waals surface area contributed by atoms with Gasteiger partial charge in [0, 0.05) is 31.3 Å². The van der Waals surface area contributed by atoms with Crippen LogP contribution in [0.5, 0.6) is 5.75 Å². The number of nitrogens with zero attached hydrogens (tertiary/aromatic N) is 2. The molecule has 3 aromatic rings. The van der Waals surface area contributed by atoms with Crippen molar-refractivity contribution < 1.29 is 27.5 Å². The molecule has 0 aromatic heterocycles. The Morgan fingerprint density at radius 1 is 1.02 bits per heavy atom. The first kappa shape index (κ1) is 31.1. The second-order valence-electron chi connectivity index (χ2n) is 10.5. The molecule has 1 saturated heterocycles. The van der Waals surface area contributed by atoms with Gasteiger partial charge in [-0.05, 0) is 36.2 Å². The van der Waals surface area contributed by atoms with E-state index in [4.69, 9.17) is 32.7 Å². The van der Waals surface area contributed by atoms with Crippen LogP contribution in [0, 0.1) is 0 Å². The monoisotopic (exact) mass is 646 g/mol. The number of ether oxygens (including phenoxy) is 2. The molecule has 1 fully saturated rings. The quantitative estimate of drug-likeness (QED) is 0.355. The minimum absolute atomic E-state index is 0.233. The van der Waals surface area contributed by atoms with E-state index in [-0.39, 0.29) is 28.5 Å². The van der Waals surface area contributed by atoms with Gasteiger partial charge in [0.05, 0.1) is 46.9 Å². The lowest BCUT2D eigenvalue weighted by molar-refractivity contribution is -0.128. The van der Waals surface area contributed by atoms with E-state index in [1.54, 1.807) is 19.1 Å². The number of morpholine rings is 1. The van der Waals surface area contributed by atoms with Crippen LogP contribution in [-0.2, 0) is 24.3 Å². The van der Waals surface area contributed by atoms with Crippen molar-refractivity contribution in [1.82, 2.24) is 10.2 Å². The molecule has 0 aliphatic carbocycles. The van der Waals surface area contributed by atoms with Crippen molar-refractivity contribution in [1.29, 1.82) is 0 Å². The molecule has 228 valence electrons. The van der Waals surface area contributed by atoms with Gasteiger partial charge in [0.1, 0.15) is 11.8 Å². The number of para-hydroxylation sites is 1. The number of hydrogen-bond acceptors (Lipinski definition) is 7. The normalized spacial score (nSPS) is 17.0. The highest BCUT2D eigenvalue weighted by molar-refractivity contribution is 7.92. The van der Waals surface area contributed by atoms with E-state index in [1.165, 1.54) is 17.0 Å². The maximum atomic E-state index is 13.8. The number of hydrogen-bond donors (Lipinski definition) is 2. The van der Waals surface area contributed by atoms with Gasteiger partial charge in [-0.1, -0.05) is 59.6 Å². The molecule has 5 rings (SSSR count). The molecule has 2 aliphatic heterocycles. The Labute approximate surface area is 260 Å². The zero-order valence-electron chi connectivity index (χ0n) is 23.7. The molecule has 13 heteroatoms. The summed E-state index contributed by atoms with van der Waals surface area (Å²) >= 11 is 12.4. The average Bonchev–Trinajstić information content (AvgIpc) is 2.97. The van der Waals surface area contributed by atoms with E-state index in [1.807, 2.05) is 36.4 Å². The lowest BCUT2D eigenvalue weighted by Crippen LogP contribution is -2.53. The van der Waals surface area contributed by atoms with Gasteiger partial charge >= 0.3 is 0 Å². The fraction of sp³-hybridized carbons (Fsp3) is 0.333. The highest BCUT2D eigenvalue weighted by Crippen LogP contribution is 2.40. The number of amides is 2. The summed E-state index contributed by atoms with van der Waals surface area (Å²) in [4.78, 5) is 30.4. The van der Waals surface area contributed by atoms with Gasteiger partial charge in [0.2, 0.25) is 15.9 Å². The minimum atomic E-state index is -3.50. The Balaban J connectivity index is 1.45. The maximum Gasteiger partial charge on any atom is 0.265 e. The summed E-state index contributed by atoms with van der Waals surface area (Å²) in [6, 6.07) is 16.5. The van der Waals surface area contributed by atoms with Gasteiger partial charge in [0.15, 0.2) is 6.61 Å². The molecule has 0 radical (unpaired) electrons. The van der Waals surface area contributed by atoms with Crippen LogP contribution in [0.1, 0.15) is 18.5 Å². The van der Waals surface area contributed by atoms with Gasteiger partial charge in [-0.25, -0.2) is 8.42 Å². The number of rotatable bonds is 9. The van der Waals surface area contributed by atoms with Crippen LogP contribution in [0.3, 0.4) is 0 Å². The summed E-state index contributed by atoms with van der Waals surface area (Å²) < 4.78 is 37.7. The molecule has 0 bridgehead atoms. The Morgan fingerprint density at radius 2 is 1.74 bits per heavy atom. The van der Waals surface area contributed by atoms with Crippen molar-refractivity contribution in [2.24, 2.45) is 0 Å². The van der Waals surface area contributed by atoms with Crippen LogP contribution in [-0.4, -0.2) is 76.9 Å². The molecule has 0 spiro atoms. The highest BCUT2D eigenvalue weighted by Gasteiger charge is 2.35. The van der Waals surface area contributed by atoms with Crippen LogP contribution in [0.4, 0.5) is 11.4 Å². The van der Waals surface area contributed by atoms with Crippen LogP contribution < -0.4 is 19.7 Å². The van der Waals surface area contributed by atoms with Gasteiger partial charge in [-0.3, -0.25) is 24.1 Å². The Kier molecular flexibility index (Phi) is 9.48. The van der Waals surface area contributed by atoms with E-state index in [2.05, 4.69) is 14.9 Å². The summed E-state index contributed by atoms with van der Waals surface area (Å²) in [5.41, 5.74) is 3.12. The Morgan fingerprint density at radius 3 is 2.49 bits per heavy atom. The zero-order chi connectivity index (χ0) is 30.7. The number of benzene rings is 3. The smallest absolute Gasteiger partial charge is 0.265 e. The second kappa shape index (κ2) is 13.1. The first-order valence-corrected chi connectivity index (χ1v) is 16.4. The SMILES string of the molecule is CC(C(=O)NC(CN1CCOCC1)c1cccc(-c2ccccc2NS(C)(=O)=O)c1)N1C(=O)COc2cc(Cl)c(Cl)cc21. The van der Waals surface area contributed by atoms with Crippen molar-refractivity contribution in [2.75, 3.05) is 55.3 Å². The van der Waals surface area contributed by atoms with Crippen LogP contribution in [0.2, 0.25) is 10.0 Å². The molecule has 2 heterocycles. The van der Waals surface area contributed by atoms with E-state index in [0.717, 1.165) is 17.4 Å². The summed E-state index contributed by atoms with van der Waals surface area (Å²) in [5.74, 6) is -0.377. The van der Waals surface area contributed by atoms with Gasteiger partial charge < -0.3 is 14.8 Å². The number of carbonyl (C=O) groups excluding carboxylic acids is 2. The van der Waals surface area contributed by atoms with Gasteiger partial charge in [-0.15, -0.1) is 0 Å². The van der Waals surface area contributed by atoms with Crippen LogP contribution in [0.15, 0.2) is 60.7 Å². The van der Waals surface area contributed by atoms with Crippen molar-refractivity contribution in [3.05, 3.63) is 76.3 Å². The third kappa shape index (κ3) is 7.42. The van der Waals surface area contributed by atoms with Crippen molar-refractivity contribution in [2.45, 2.75) is 19.0 Å². The fourth-order valence-electron chi connectivity index (χ4n) is 5.22. The van der Waals surface area contributed by atoms with Crippen molar-refractivity contribution in [3.63, 3.8) is 0 Å². The minimum Gasteiger partial charge on any atom is -0.482 e. The summed E-state index contributed by atoms with van der Waals surface area (Å²) in [6.45, 7) is 4.51. The van der Waals surface area contributed by atoms with E-state index < -0.39 is 22.1 Å². The molecule has 3 aromatic carbocycles. The molecule has 2 atom stereocenters.